The van der Waals surface area contributed by atoms with Crippen molar-refractivity contribution in [2.24, 2.45) is 0 Å². The van der Waals surface area contributed by atoms with E-state index in [0.717, 1.165) is 16.3 Å². The lowest BCUT2D eigenvalue weighted by Gasteiger charge is -2.42. The SMILES string of the molecule is COc1ccc(N2CSC3=C(C#N)[C@H](c4ccc(C(C)C)cc4)CC(=O)N3C2)c(OC)c1. The number of ether oxygens (including phenoxy) is 2. The largest absolute Gasteiger partial charge is 0.497 e. The number of hydrogen-bond donors (Lipinski definition) is 0. The molecule has 1 amide bonds. The van der Waals surface area contributed by atoms with Crippen molar-refractivity contribution in [2.45, 2.75) is 32.1 Å². The molecule has 1 saturated heterocycles. The van der Waals surface area contributed by atoms with E-state index < -0.39 is 0 Å². The van der Waals surface area contributed by atoms with Crippen molar-refractivity contribution in [3.05, 3.63) is 64.2 Å². The summed E-state index contributed by atoms with van der Waals surface area (Å²) in [6.45, 7) is 4.69. The highest BCUT2D eigenvalue weighted by Gasteiger charge is 2.38. The molecule has 0 radical (unpaired) electrons. The second-order valence-electron chi connectivity index (χ2n) is 8.22. The lowest BCUT2D eigenvalue weighted by atomic mass is 9.85. The second-order valence-corrected chi connectivity index (χ2v) is 9.16. The van der Waals surface area contributed by atoms with Gasteiger partial charge in [0.1, 0.15) is 11.5 Å². The van der Waals surface area contributed by atoms with Crippen LogP contribution >= 0.6 is 11.8 Å². The van der Waals surface area contributed by atoms with E-state index in [1.54, 1.807) is 19.1 Å². The summed E-state index contributed by atoms with van der Waals surface area (Å²) in [6.07, 6.45) is 0.293. The molecule has 2 aliphatic heterocycles. The minimum atomic E-state index is -0.200. The fourth-order valence-electron chi connectivity index (χ4n) is 4.16. The summed E-state index contributed by atoms with van der Waals surface area (Å²) in [5.74, 6) is 2.28. The second kappa shape index (κ2) is 9.17. The first kappa shape index (κ1) is 22.1. The number of anilines is 1. The molecule has 0 aliphatic carbocycles. The highest BCUT2D eigenvalue weighted by molar-refractivity contribution is 8.03. The van der Waals surface area contributed by atoms with Gasteiger partial charge in [-0.2, -0.15) is 5.26 Å². The standard InChI is InChI=1S/C25H27N3O3S/c1-16(2)17-5-7-18(8-6-17)20-12-24(29)28-14-27(15-32-25(28)21(20)13-26)22-10-9-19(30-3)11-23(22)31-4/h5-11,16,20H,12,14-15H2,1-4H3/t20-/m0/s1. The van der Waals surface area contributed by atoms with Gasteiger partial charge < -0.3 is 14.4 Å². The van der Waals surface area contributed by atoms with Gasteiger partial charge >= 0.3 is 0 Å². The number of methoxy groups -OCH3 is 2. The Hall–Kier alpha value is -3.11. The molecule has 2 aliphatic rings. The molecule has 0 saturated carbocycles. The molecule has 32 heavy (non-hydrogen) atoms. The molecule has 4 rings (SSSR count). The van der Waals surface area contributed by atoms with Crippen LogP contribution in [0.4, 0.5) is 5.69 Å². The first-order valence-corrected chi connectivity index (χ1v) is 11.6. The molecule has 2 aromatic carbocycles. The van der Waals surface area contributed by atoms with E-state index in [0.29, 0.717) is 42.0 Å². The van der Waals surface area contributed by atoms with Gasteiger partial charge in [0.25, 0.3) is 0 Å². The predicted octanol–water partition coefficient (Wildman–Crippen LogP) is 5.05. The van der Waals surface area contributed by atoms with Gasteiger partial charge in [-0.1, -0.05) is 49.9 Å². The molecule has 1 atom stereocenters. The van der Waals surface area contributed by atoms with Crippen LogP contribution in [0.25, 0.3) is 0 Å². The van der Waals surface area contributed by atoms with Crippen molar-refractivity contribution in [2.75, 3.05) is 31.7 Å². The van der Waals surface area contributed by atoms with Gasteiger partial charge in [0.05, 0.1) is 49.1 Å². The monoisotopic (exact) mass is 449 g/mol. The number of allylic oxidation sites excluding steroid dienone is 1. The summed E-state index contributed by atoms with van der Waals surface area (Å²) in [5, 5.41) is 10.8. The van der Waals surface area contributed by atoms with Crippen LogP contribution in [-0.4, -0.2) is 37.6 Å². The topological polar surface area (TPSA) is 65.8 Å². The van der Waals surface area contributed by atoms with Crippen molar-refractivity contribution < 1.29 is 14.3 Å². The van der Waals surface area contributed by atoms with Gasteiger partial charge in [0.15, 0.2) is 0 Å². The zero-order valence-corrected chi connectivity index (χ0v) is 19.6. The van der Waals surface area contributed by atoms with Crippen LogP contribution in [0.15, 0.2) is 53.1 Å². The fourth-order valence-corrected chi connectivity index (χ4v) is 5.32. The number of hydrogen-bond acceptors (Lipinski definition) is 6. The maximum Gasteiger partial charge on any atom is 0.229 e. The molecule has 166 valence electrons. The van der Waals surface area contributed by atoms with Crippen LogP contribution in [0.5, 0.6) is 11.5 Å². The number of nitrogens with zero attached hydrogens (tertiary/aromatic N) is 3. The molecule has 0 spiro atoms. The number of nitriles is 1. The Morgan fingerprint density at radius 1 is 1.12 bits per heavy atom. The van der Waals surface area contributed by atoms with Crippen molar-refractivity contribution >= 4 is 23.4 Å². The molecule has 6 nitrogen and oxygen atoms in total. The van der Waals surface area contributed by atoms with E-state index in [1.807, 2.05) is 18.2 Å². The number of carbonyl (C=O) groups excluding carboxylic acids is 1. The molecule has 0 N–H and O–H groups in total. The Morgan fingerprint density at radius 3 is 2.50 bits per heavy atom. The van der Waals surface area contributed by atoms with E-state index in [-0.39, 0.29) is 11.8 Å². The Labute approximate surface area is 193 Å². The Balaban J connectivity index is 1.63. The number of benzene rings is 2. The zero-order chi connectivity index (χ0) is 22.8. The van der Waals surface area contributed by atoms with Crippen molar-refractivity contribution in [1.82, 2.24) is 4.90 Å². The summed E-state index contributed by atoms with van der Waals surface area (Å²) in [5.41, 5.74) is 3.83. The van der Waals surface area contributed by atoms with Crippen LogP contribution in [0.1, 0.15) is 43.2 Å². The number of amides is 1. The number of carbonyl (C=O) groups is 1. The van der Waals surface area contributed by atoms with Crippen LogP contribution in [0.2, 0.25) is 0 Å². The number of fused-ring (bicyclic) bond motifs is 1. The Bertz CT molecular complexity index is 1090. The maximum absolute atomic E-state index is 13.2. The summed E-state index contributed by atoms with van der Waals surface area (Å²) in [7, 11) is 3.24. The fraction of sp³-hybridized carbons (Fsp3) is 0.360. The molecule has 0 aromatic heterocycles. The first-order chi connectivity index (χ1) is 15.5. The summed E-state index contributed by atoms with van der Waals surface area (Å²) in [4.78, 5) is 17.0. The van der Waals surface area contributed by atoms with E-state index >= 15 is 0 Å². The molecular weight excluding hydrogens is 422 g/mol. The average Bonchev–Trinajstić information content (AvgIpc) is 2.83. The molecule has 0 unspecified atom stereocenters. The quantitative estimate of drug-likeness (QED) is 0.637. The van der Waals surface area contributed by atoms with Crippen LogP contribution in [0.3, 0.4) is 0 Å². The lowest BCUT2D eigenvalue weighted by Crippen LogP contribution is -2.47. The van der Waals surface area contributed by atoms with Crippen molar-refractivity contribution in [3.63, 3.8) is 0 Å². The zero-order valence-electron chi connectivity index (χ0n) is 18.8. The Kier molecular flexibility index (Phi) is 6.33. The van der Waals surface area contributed by atoms with Crippen LogP contribution in [-0.2, 0) is 4.79 Å². The molecule has 0 bridgehead atoms. The van der Waals surface area contributed by atoms with Gasteiger partial charge in [-0.15, -0.1) is 0 Å². The smallest absolute Gasteiger partial charge is 0.229 e. The summed E-state index contributed by atoms with van der Waals surface area (Å²) >= 11 is 1.52. The number of thioether (sulfide) groups is 1. The van der Waals surface area contributed by atoms with E-state index in [1.165, 1.54) is 17.3 Å². The molecule has 2 aromatic rings. The minimum absolute atomic E-state index is 0.0293. The predicted molar refractivity (Wildman–Crippen MR) is 127 cm³/mol. The highest BCUT2D eigenvalue weighted by Crippen LogP contribution is 2.44. The van der Waals surface area contributed by atoms with Crippen LogP contribution in [0, 0.1) is 11.3 Å². The van der Waals surface area contributed by atoms with E-state index in [4.69, 9.17) is 9.47 Å². The van der Waals surface area contributed by atoms with Crippen molar-refractivity contribution in [3.8, 4) is 17.6 Å². The van der Waals surface area contributed by atoms with E-state index in [2.05, 4.69) is 49.1 Å². The average molecular weight is 450 g/mol. The van der Waals surface area contributed by atoms with Gasteiger partial charge in [-0.05, 0) is 29.2 Å². The molecular formula is C25H27N3O3S. The highest BCUT2D eigenvalue weighted by atomic mass is 32.2. The Morgan fingerprint density at radius 2 is 1.88 bits per heavy atom. The first-order valence-electron chi connectivity index (χ1n) is 10.6. The van der Waals surface area contributed by atoms with Gasteiger partial charge in [-0.25, -0.2) is 0 Å². The summed E-state index contributed by atoms with van der Waals surface area (Å²) < 4.78 is 10.8. The molecule has 1 fully saturated rings. The van der Waals surface area contributed by atoms with Gasteiger partial charge in [0, 0.05) is 18.4 Å². The number of rotatable bonds is 5. The lowest BCUT2D eigenvalue weighted by molar-refractivity contribution is -0.129. The van der Waals surface area contributed by atoms with Gasteiger partial charge in [0.2, 0.25) is 5.91 Å². The summed E-state index contributed by atoms with van der Waals surface area (Å²) in [6, 6.07) is 16.4. The normalized spacial score (nSPS) is 18.5. The maximum atomic E-state index is 13.2. The van der Waals surface area contributed by atoms with Crippen LogP contribution < -0.4 is 14.4 Å². The van der Waals surface area contributed by atoms with Gasteiger partial charge in [-0.3, -0.25) is 9.69 Å². The third kappa shape index (κ3) is 4.03. The van der Waals surface area contributed by atoms with E-state index in [9.17, 15) is 10.1 Å². The molecule has 7 heteroatoms. The minimum Gasteiger partial charge on any atom is -0.497 e. The third-order valence-corrected chi connectivity index (χ3v) is 7.18. The third-order valence-electron chi connectivity index (χ3n) is 6.03. The molecule has 2 heterocycles. The van der Waals surface area contributed by atoms with Crippen molar-refractivity contribution in [1.29, 1.82) is 5.26 Å².